The van der Waals surface area contributed by atoms with Crippen LogP contribution in [0.2, 0.25) is 0 Å². The molecule has 4 heteroatoms. The van der Waals surface area contributed by atoms with Crippen LogP contribution in [0.15, 0.2) is 0 Å². The molecule has 0 heterocycles. The lowest BCUT2D eigenvalue weighted by molar-refractivity contribution is -0.122. The van der Waals surface area contributed by atoms with E-state index in [9.17, 15) is 9.59 Å². The van der Waals surface area contributed by atoms with E-state index in [0.29, 0.717) is 12.3 Å². The first-order valence-electron chi connectivity index (χ1n) is 9.04. The molecular weight excluding hydrogens is 276 g/mol. The lowest BCUT2D eigenvalue weighted by Gasteiger charge is -2.14. The average molecular weight is 312 g/mol. The fourth-order valence-corrected chi connectivity index (χ4v) is 2.55. The predicted molar refractivity (Wildman–Crippen MR) is 92.7 cm³/mol. The van der Waals surface area contributed by atoms with Crippen molar-refractivity contribution in [2.75, 3.05) is 6.54 Å². The highest BCUT2D eigenvalue weighted by Gasteiger charge is 2.13. The molecule has 0 rings (SSSR count). The first-order valence-corrected chi connectivity index (χ1v) is 9.04. The van der Waals surface area contributed by atoms with Crippen molar-refractivity contribution in [1.29, 1.82) is 0 Å². The maximum absolute atomic E-state index is 11.7. The van der Waals surface area contributed by atoms with Crippen molar-refractivity contribution in [3.05, 3.63) is 0 Å². The molecule has 130 valence electrons. The maximum atomic E-state index is 11.7. The molecule has 3 N–H and O–H groups in total. The van der Waals surface area contributed by atoms with E-state index in [1.807, 2.05) is 0 Å². The van der Waals surface area contributed by atoms with Crippen molar-refractivity contribution in [3.63, 3.8) is 0 Å². The summed E-state index contributed by atoms with van der Waals surface area (Å²) in [5.74, 6) is 0.447. The molecule has 0 unspecified atom stereocenters. The van der Waals surface area contributed by atoms with E-state index in [2.05, 4.69) is 19.2 Å². The van der Waals surface area contributed by atoms with Crippen molar-refractivity contribution in [1.82, 2.24) is 5.32 Å². The second kappa shape index (κ2) is 15.0. The predicted octanol–water partition coefficient (Wildman–Crippen LogP) is 3.58. The first kappa shape index (κ1) is 21.1. The minimum absolute atomic E-state index is 0.0102. The summed E-state index contributed by atoms with van der Waals surface area (Å²) in [4.78, 5) is 21.9. The Morgan fingerprint density at radius 1 is 0.955 bits per heavy atom. The van der Waals surface area contributed by atoms with Gasteiger partial charge in [-0.05, 0) is 25.2 Å². The Labute approximate surface area is 136 Å². The van der Waals surface area contributed by atoms with Crippen LogP contribution in [0, 0.1) is 5.92 Å². The summed E-state index contributed by atoms with van der Waals surface area (Å²) in [5.41, 5.74) is 5.83. The molecule has 0 spiro atoms. The fourth-order valence-electron chi connectivity index (χ4n) is 2.55. The van der Waals surface area contributed by atoms with E-state index in [1.165, 1.54) is 44.9 Å². The van der Waals surface area contributed by atoms with E-state index in [-0.39, 0.29) is 11.9 Å². The molecule has 0 aromatic rings. The maximum Gasteiger partial charge on any atom is 0.236 e. The fraction of sp³-hybridized carbons (Fsp3) is 0.889. The van der Waals surface area contributed by atoms with Gasteiger partial charge in [-0.2, -0.15) is 0 Å². The smallest absolute Gasteiger partial charge is 0.236 e. The van der Waals surface area contributed by atoms with Gasteiger partial charge < -0.3 is 15.8 Å². The van der Waals surface area contributed by atoms with Crippen molar-refractivity contribution >= 4 is 12.2 Å². The molecule has 1 atom stereocenters. The standard InChI is InChI=1S/C18H36N2O2/c1-16(2)15-17(19)18(22)20-13-11-9-7-5-3-4-6-8-10-12-14-21/h14,16-17H,3-13,15,19H2,1-2H3,(H,20,22)/t17-/m0/s1. The van der Waals surface area contributed by atoms with Crippen LogP contribution in [0.3, 0.4) is 0 Å². The number of hydrogen-bond acceptors (Lipinski definition) is 3. The van der Waals surface area contributed by atoms with Crippen LogP contribution in [0.5, 0.6) is 0 Å². The van der Waals surface area contributed by atoms with Gasteiger partial charge in [-0.25, -0.2) is 0 Å². The molecule has 0 saturated carbocycles. The third-order valence-electron chi connectivity index (χ3n) is 3.86. The zero-order chi connectivity index (χ0) is 16.6. The highest BCUT2D eigenvalue weighted by molar-refractivity contribution is 5.81. The van der Waals surface area contributed by atoms with Crippen LogP contribution in [0.25, 0.3) is 0 Å². The first-order chi connectivity index (χ1) is 10.6. The highest BCUT2D eigenvalue weighted by Crippen LogP contribution is 2.10. The topological polar surface area (TPSA) is 72.2 Å². The van der Waals surface area contributed by atoms with Crippen LogP contribution in [0.1, 0.15) is 84.5 Å². The van der Waals surface area contributed by atoms with E-state index in [0.717, 1.165) is 32.1 Å². The lowest BCUT2D eigenvalue weighted by Crippen LogP contribution is -2.41. The van der Waals surface area contributed by atoms with Crippen molar-refractivity contribution in [2.24, 2.45) is 11.7 Å². The van der Waals surface area contributed by atoms with Gasteiger partial charge in [0.2, 0.25) is 5.91 Å². The molecular formula is C18H36N2O2. The van der Waals surface area contributed by atoms with Crippen LogP contribution >= 0.6 is 0 Å². The number of amides is 1. The van der Waals surface area contributed by atoms with Gasteiger partial charge >= 0.3 is 0 Å². The second-order valence-corrected chi connectivity index (χ2v) is 6.66. The molecule has 0 fully saturated rings. The normalized spacial score (nSPS) is 12.4. The molecule has 1 amide bonds. The van der Waals surface area contributed by atoms with Gasteiger partial charge in [0.05, 0.1) is 6.04 Å². The van der Waals surface area contributed by atoms with Gasteiger partial charge in [-0.15, -0.1) is 0 Å². The molecule has 0 aromatic heterocycles. The van der Waals surface area contributed by atoms with Gasteiger partial charge in [-0.1, -0.05) is 58.8 Å². The molecule has 0 radical (unpaired) electrons. The van der Waals surface area contributed by atoms with Crippen LogP contribution < -0.4 is 11.1 Å². The quantitative estimate of drug-likeness (QED) is 0.358. The van der Waals surface area contributed by atoms with E-state index < -0.39 is 0 Å². The molecule has 0 bridgehead atoms. The summed E-state index contributed by atoms with van der Waals surface area (Å²) in [6, 6.07) is -0.362. The molecule has 0 aromatic carbocycles. The number of aldehydes is 1. The van der Waals surface area contributed by atoms with Gasteiger partial charge in [0.1, 0.15) is 6.29 Å². The number of nitrogens with two attached hydrogens (primary N) is 1. The number of carbonyl (C=O) groups excluding carboxylic acids is 2. The Balaban J connectivity index is 3.26. The summed E-state index contributed by atoms with van der Waals surface area (Å²) in [7, 11) is 0. The number of hydrogen-bond donors (Lipinski definition) is 2. The van der Waals surface area contributed by atoms with Crippen LogP contribution in [-0.4, -0.2) is 24.8 Å². The third-order valence-corrected chi connectivity index (χ3v) is 3.86. The summed E-state index contributed by atoms with van der Waals surface area (Å²) in [5, 5.41) is 2.93. The summed E-state index contributed by atoms with van der Waals surface area (Å²) in [6.07, 6.45) is 13.2. The second-order valence-electron chi connectivity index (χ2n) is 6.66. The Bertz CT molecular complexity index is 280. The molecule has 22 heavy (non-hydrogen) atoms. The molecule has 0 aliphatic heterocycles. The average Bonchev–Trinajstić information content (AvgIpc) is 2.47. The van der Waals surface area contributed by atoms with Crippen molar-refractivity contribution in [2.45, 2.75) is 90.5 Å². The van der Waals surface area contributed by atoms with E-state index in [4.69, 9.17) is 5.73 Å². The molecule has 0 saturated heterocycles. The lowest BCUT2D eigenvalue weighted by atomic mass is 10.0. The van der Waals surface area contributed by atoms with Gasteiger partial charge in [0, 0.05) is 13.0 Å². The number of unbranched alkanes of at least 4 members (excludes halogenated alkanes) is 9. The Morgan fingerprint density at radius 2 is 1.45 bits per heavy atom. The summed E-state index contributed by atoms with van der Waals surface area (Å²) in [6.45, 7) is 4.90. The number of carbonyl (C=O) groups is 2. The monoisotopic (exact) mass is 312 g/mol. The minimum atomic E-state index is -0.362. The highest BCUT2D eigenvalue weighted by atomic mass is 16.2. The van der Waals surface area contributed by atoms with E-state index >= 15 is 0 Å². The SMILES string of the molecule is CC(C)C[C@H](N)C(=O)NCCCCCCCCCCCC=O. The Kier molecular flexibility index (Phi) is 14.4. The largest absolute Gasteiger partial charge is 0.355 e. The zero-order valence-corrected chi connectivity index (χ0v) is 14.6. The summed E-state index contributed by atoms with van der Waals surface area (Å²) < 4.78 is 0. The number of rotatable bonds is 15. The van der Waals surface area contributed by atoms with Crippen LogP contribution in [0.4, 0.5) is 0 Å². The number of nitrogens with one attached hydrogen (secondary N) is 1. The van der Waals surface area contributed by atoms with Crippen LogP contribution in [-0.2, 0) is 9.59 Å². The van der Waals surface area contributed by atoms with E-state index in [1.54, 1.807) is 0 Å². The zero-order valence-electron chi connectivity index (χ0n) is 14.6. The Morgan fingerprint density at radius 3 is 1.95 bits per heavy atom. The molecule has 0 aliphatic rings. The van der Waals surface area contributed by atoms with Crippen molar-refractivity contribution in [3.8, 4) is 0 Å². The van der Waals surface area contributed by atoms with Gasteiger partial charge in [-0.3, -0.25) is 4.79 Å². The molecule has 0 aliphatic carbocycles. The summed E-state index contributed by atoms with van der Waals surface area (Å²) >= 11 is 0. The van der Waals surface area contributed by atoms with Crippen molar-refractivity contribution < 1.29 is 9.59 Å². The van der Waals surface area contributed by atoms with Gasteiger partial charge in [0.15, 0.2) is 0 Å². The molecule has 4 nitrogen and oxygen atoms in total. The minimum Gasteiger partial charge on any atom is -0.355 e. The Hall–Kier alpha value is -0.900. The third kappa shape index (κ3) is 14.1. The van der Waals surface area contributed by atoms with Gasteiger partial charge in [0.25, 0.3) is 0 Å².